The molecule has 76 valence electrons. The van der Waals surface area contributed by atoms with Crippen molar-refractivity contribution < 1.29 is 4.79 Å². The molecule has 1 aromatic carbocycles. The van der Waals surface area contributed by atoms with Crippen molar-refractivity contribution in [2.75, 3.05) is 0 Å². The molecule has 0 bridgehead atoms. The highest BCUT2D eigenvalue weighted by Gasteiger charge is 2.14. The van der Waals surface area contributed by atoms with Crippen molar-refractivity contribution in [3.63, 3.8) is 0 Å². The number of rotatable bonds is 2. The fourth-order valence-electron chi connectivity index (χ4n) is 1.23. The minimum atomic E-state index is -0.214. The first-order valence-electron chi connectivity index (χ1n) is 4.34. The molecule has 0 aliphatic heterocycles. The van der Waals surface area contributed by atoms with Crippen LogP contribution in [-0.2, 0) is 7.05 Å². The summed E-state index contributed by atoms with van der Waals surface area (Å²) < 4.78 is 0. The molecule has 2 rings (SSSR count). The van der Waals surface area contributed by atoms with Gasteiger partial charge in [0.25, 0.3) is 0 Å². The number of carbonyl (C=O) groups excluding carboxylic acids is 1. The van der Waals surface area contributed by atoms with Crippen molar-refractivity contribution in [3.8, 4) is 0 Å². The van der Waals surface area contributed by atoms with Crippen molar-refractivity contribution >= 4 is 17.4 Å². The van der Waals surface area contributed by atoms with E-state index in [4.69, 9.17) is 11.6 Å². The molecule has 0 aliphatic carbocycles. The molecular weight excluding hydrogens is 214 g/mol. The highest BCUT2D eigenvalue weighted by atomic mass is 35.5. The van der Waals surface area contributed by atoms with Crippen molar-refractivity contribution in [2.24, 2.45) is 7.05 Å². The lowest BCUT2D eigenvalue weighted by atomic mass is 10.1. The third-order valence-corrected chi connectivity index (χ3v) is 2.28. The summed E-state index contributed by atoms with van der Waals surface area (Å²) in [5.74, 6) is -0.214. The molecule has 0 amide bonds. The molecule has 15 heavy (non-hydrogen) atoms. The lowest BCUT2D eigenvalue weighted by molar-refractivity contribution is 0.103. The predicted molar refractivity (Wildman–Crippen MR) is 55.9 cm³/mol. The molecule has 5 heteroatoms. The second-order valence-corrected chi connectivity index (χ2v) is 3.44. The molecule has 4 nitrogen and oxygen atoms in total. The maximum atomic E-state index is 11.9. The summed E-state index contributed by atoms with van der Waals surface area (Å²) in [5.41, 5.74) is 0.741. The van der Waals surface area contributed by atoms with Gasteiger partial charge in [-0.15, -0.1) is 0 Å². The molecule has 0 N–H and O–H groups in total. The maximum absolute atomic E-state index is 11.9. The number of halogens is 1. The van der Waals surface area contributed by atoms with Crippen LogP contribution < -0.4 is 0 Å². The Kier molecular flexibility index (Phi) is 2.51. The Morgan fingerprint density at radius 2 is 2.13 bits per heavy atom. The Hall–Kier alpha value is -1.68. The molecule has 0 spiro atoms. The molecule has 1 heterocycles. The summed E-state index contributed by atoms with van der Waals surface area (Å²) in [7, 11) is 1.66. The Bertz CT molecular complexity index is 507. The van der Waals surface area contributed by atoms with Gasteiger partial charge in [0, 0.05) is 12.6 Å². The normalized spacial score (nSPS) is 10.3. The fraction of sp³-hybridized carbons (Fsp3) is 0.100. The van der Waals surface area contributed by atoms with E-state index in [1.165, 1.54) is 11.0 Å². The third kappa shape index (κ3) is 1.89. The first-order chi connectivity index (χ1) is 7.18. The minimum Gasteiger partial charge on any atom is -0.287 e. The zero-order valence-electron chi connectivity index (χ0n) is 8.01. The first kappa shape index (κ1) is 9.86. The molecule has 1 aromatic heterocycles. The van der Waals surface area contributed by atoms with Crippen LogP contribution in [0.5, 0.6) is 0 Å². The zero-order chi connectivity index (χ0) is 10.8. The lowest BCUT2D eigenvalue weighted by Gasteiger charge is -1.98. The van der Waals surface area contributed by atoms with E-state index in [1.54, 1.807) is 31.3 Å². The van der Waals surface area contributed by atoms with E-state index in [-0.39, 0.29) is 5.78 Å². The topological polar surface area (TPSA) is 47.8 Å². The molecule has 0 atom stereocenters. The number of aryl methyl sites for hydroxylation is 1. The van der Waals surface area contributed by atoms with Crippen molar-refractivity contribution in [1.29, 1.82) is 0 Å². The highest BCUT2D eigenvalue weighted by molar-refractivity contribution is 6.34. The number of hydrogen-bond acceptors (Lipinski definition) is 3. The van der Waals surface area contributed by atoms with E-state index in [9.17, 15) is 4.79 Å². The molecule has 0 aliphatic rings. The predicted octanol–water partition coefficient (Wildman–Crippen LogP) is 1.70. The average molecular weight is 222 g/mol. The lowest BCUT2D eigenvalue weighted by Crippen LogP contribution is -2.04. The molecule has 0 unspecified atom stereocenters. The number of hydrogen-bond donors (Lipinski definition) is 0. The van der Waals surface area contributed by atoms with Crippen LogP contribution in [0.15, 0.2) is 30.5 Å². The van der Waals surface area contributed by atoms with Crippen LogP contribution in [0.3, 0.4) is 0 Å². The van der Waals surface area contributed by atoms with E-state index >= 15 is 0 Å². The monoisotopic (exact) mass is 221 g/mol. The number of ketones is 1. The SMILES string of the molecule is Cn1ncc(C(=O)c2ccccc2Cl)n1. The van der Waals surface area contributed by atoms with E-state index < -0.39 is 0 Å². The zero-order valence-corrected chi connectivity index (χ0v) is 8.77. The average Bonchev–Trinajstić information content (AvgIpc) is 2.65. The summed E-state index contributed by atoms with van der Waals surface area (Å²) >= 11 is 5.90. The Morgan fingerprint density at radius 3 is 2.73 bits per heavy atom. The van der Waals surface area contributed by atoms with Crippen LogP contribution in [0.4, 0.5) is 0 Å². The number of nitrogens with zero attached hydrogens (tertiary/aromatic N) is 3. The number of aromatic nitrogens is 3. The second kappa shape index (κ2) is 3.82. The molecule has 2 aromatic rings. The van der Waals surface area contributed by atoms with E-state index in [2.05, 4.69) is 10.2 Å². The number of carbonyl (C=O) groups is 1. The largest absolute Gasteiger partial charge is 0.287 e. The first-order valence-corrected chi connectivity index (χ1v) is 4.72. The summed E-state index contributed by atoms with van der Waals surface area (Å²) in [6, 6.07) is 6.87. The molecule has 0 fully saturated rings. The van der Waals surface area contributed by atoms with E-state index in [1.807, 2.05) is 0 Å². The van der Waals surface area contributed by atoms with Gasteiger partial charge in [-0.3, -0.25) is 4.79 Å². The number of benzene rings is 1. The van der Waals surface area contributed by atoms with E-state index in [0.29, 0.717) is 16.3 Å². The van der Waals surface area contributed by atoms with Gasteiger partial charge in [0.05, 0.1) is 11.2 Å². The standard InChI is InChI=1S/C10H8ClN3O/c1-14-12-6-9(13-14)10(15)7-4-2-3-5-8(7)11/h2-6H,1H3. The van der Waals surface area contributed by atoms with Crippen LogP contribution in [-0.4, -0.2) is 20.8 Å². The van der Waals surface area contributed by atoms with Crippen LogP contribution in [0.25, 0.3) is 0 Å². The summed E-state index contributed by atoms with van der Waals surface area (Å²) in [5, 5.41) is 8.18. The van der Waals surface area contributed by atoms with Crippen LogP contribution >= 0.6 is 11.6 Å². The van der Waals surface area contributed by atoms with Gasteiger partial charge in [-0.05, 0) is 12.1 Å². The molecule has 0 saturated heterocycles. The van der Waals surface area contributed by atoms with Crippen molar-refractivity contribution in [2.45, 2.75) is 0 Å². The van der Waals surface area contributed by atoms with Gasteiger partial charge in [-0.25, -0.2) is 0 Å². The van der Waals surface area contributed by atoms with Gasteiger partial charge in [0.15, 0.2) is 5.69 Å². The Balaban J connectivity index is 2.41. The van der Waals surface area contributed by atoms with Crippen molar-refractivity contribution in [1.82, 2.24) is 15.0 Å². The van der Waals surface area contributed by atoms with Crippen LogP contribution in [0, 0.1) is 0 Å². The highest BCUT2D eigenvalue weighted by Crippen LogP contribution is 2.17. The smallest absolute Gasteiger partial charge is 0.216 e. The second-order valence-electron chi connectivity index (χ2n) is 3.03. The Labute approximate surface area is 91.5 Å². The Morgan fingerprint density at radius 1 is 1.40 bits per heavy atom. The summed E-state index contributed by atoms with van der Waals surface area (Å²) in [6.07, 6.45) is 1.42. The minimum absolute atomic E-state index is 0.214. The van der Waals surface area contributed by atoms with Gasteiger partial charge in [0.2, 0.25) is 5.78 Å². The molecule has 0 radical (unpaired) electrons. The van der Waals surface area contributed by atoms with Crippen LogP contribution in [0.1, 0.15) is 16.1 Å². The van der Waals surface area contributed by atoms with Gasteiger partial charge in [-0.2, -0.15) is 15.0 Å². The summed E-state index contributed by atoms with van der Waals surface area (Å²) in [6.45, 7) is 0. The van der Waals surface area contributed by atoms with Gasteiger partial charge in [-0.1, -0.05) is 23.7 Å². The fourth-order valence-corrected chi connectivity index (χ4v) is 1.45. The summed E-state index contributed by atoms with van der Waals surface area (Å²) in [4.78, 5) is 13.2. The van der Waals surface area contributed by atoms with Crippen LogP contribution in [0.2, 0.25) is 5.02 Å². The maximum Gasteiger partial charge on any atom is 0.216 e. The van der Waals surface area contributed by atoms with Gasteiger partial charge >= 0.3 is 0 Å². The molecular formula is C10H8ClN3O. The van der Waals surface area contributed by atoms with Crippen molar-refractivity contribution in [3.05, 3.63) is 46.7 Å². The quantitative estimate of drug-likeness (QED) is 0.726. The molecule has 0 saturated carbocycles. The van der Waals surface area contributed by atoms with Gasteiger partial charge < -0.3 is 0 Å². The van der Waals surface area contributed by atoms with Gasteiger partial charge in [0.1, 0.15) is 0 Å². The third-order valence-electron chi connectivity index (χ3n) is 1.95. The van der Waals surface area contributed by atoms with E-state index in [0.717, 1.165) is 0 Å².